The molecule has 2 aromatic heterocycles. The Balaban J connectivity index is 1.89. The Morgan fingerprint density at radius 3 is 2.74 bits per heavy atom. The monoisotopic (exact) mass is 383 g/mol. The second kappa shape index (κ2) is 6.10. The Hall–Kier alpha value is -1.07. The number of nitrogens with one attached hydrogen (secondary N) is 1. The van der Waals surface area contributed by atoms with Crippen LogP contribution in [-0.2, 0) is 12.8 Å². The number of halogens is 3. The quantitative estimate of drug-likeness (QED) is 0.529. The van der Waals surface area contributed by atoms with Crippen molar-refractivity contribution in [2.45, 2.75) is 25.7 Å². The molecule has 1 aromatic carbocycles. The van der Waals surface area contributed by atoms with Crippen LogP contribution in [0.5, 0.6) is 0 Å². The summed E-state index contributed by atoms with van der Waals surface area (Å²) in [5.41, 5.74) is 2.06. The van der Waals surface area contributed by atoms with E-state index in [-0.39, 0.29) is 5.28 Å². The molecule has 0 bridgehead atoms. The fourth-order valence-corrected chi connectivity index (χ4v) is 4.78. The SMILES string of the molecule is Clc1nc(Nc2cccc(Cl)c2Cl)c2c3c(sc2n1)CCCC3. The molecule has 1 aliphatic rings. The number of nitrogens with zero attached hydrogens (tertiary/aromatic N) is 2. The van der Waals surface area contributed by atoms with Gasteiger partial charge in [-0.1, -0.05) is 29.3 Å². The van der Waals surface area contributed by atoms with Crippen LogP contribution in [0.25, 0.3) is 10.2 Å². The second-order valence-electron chi connectivity index (χ2n) is 5.46. The predicted molar refractivity (Wildman–Crippen MR) is 98.8 cm³/mol. The van der Waals surface area contributed by atoms with E-state index in [1.165, 1.54) is 23.3 Å². The average molecular weight is 385 g/mol. The van der Waals surface area contributed by atoms with Crippen molar-refractivity contribution in [1.29, 1.82) is 0 Å². The van der Waals surface area contributed by atoms with E-state index in [1.54, 1.807) is 17.4 Å². The first-order chi connectivity index (χ1) is 11.1. The lowest BCUT2D eigenvalue weighted by Gasteiger charge is -2.13. The van der Waals surface area contributed by atoms with Crippen molar-refractivity contribution < 1.29 is 0 Å². The molecule has 1 N–H and O–H groups in total. The van der Waals surface area contributed by atoms with Crippen LogP contribution in [-0.4, -0.2) is 9.97 Å². The fourth-order valence-electron chi connectivity index (χ4n) is 2.95. The summed E-state index contributed by atoms with van der Waals surface area (Å²) in [5, 5.41) is 5.55. The maximum absolute atomic E-state index is 6.28. The van der Waals surface area contributed by atoms with Crippen molar-refractivity contribution in [2.75, 3.05) is 5.32 Å². The number of benzene rings is 1. The molecule has 0 saturated heterocycles. The van der Waals surface area contributed by atoms with E-state index < -0.39 is 0 Å². The molecule has 23 heavy (non-hydrogen) atoms. The molecular formula is C16H12Cl3N3S. The van der Waals surface area contributed by atoms with Gasteiger partial charge in [-0.2, -0.15) is 4.98 Å². The zero-order valence-electron chi connectivity index (χ0n) is 12.0. The predicted octanol–water partition coefficient (Wildman–Crippen LogP) is 6.27. The van der Waals surface area contributed by atoms with Gasteiger partial charge in [0.2, 0.25) is 5.28 Å². The maximum atomic E-state index is 6.28. The van der Waals surface area contributed by atoms with E-state index in [0.717, 1.165) is 23.1 Å². The molecule has 0 spiro atoms. The van der Waals surface area contributed by atoms with Gasteiger partial charge in [-0.15, -0.1) is 11.3 Å². The Morgan fingerprint density at radius 2 is 1.87 bits per heavy atom. The van der Waals surface area contributed by atoms with Crippen LogP contribution >= 0.6 is 46.1 Å². The van der Waals surface area contributed by atoms with Crippen molar-refractivity contribution in [1.82, 2.24) is 9.97 Å². The molecule has 3 nitrogen and oxygen atoms in total. The van der Waals surface area contributed by atoms with Crippen molar-refractivity contribution in [3.05, 3.63) is 44.0 Å². The summed E-state index contributed by atoms with van der Waals surface area (Å²) in [7, 11) is 0. The van der Waals surface area contributed by atoms with Gasteiger partial charge in [0.1, 0.15) is 10.6 Å². The van der Waals surface area contributed by atoms with Crippen LogP contribution in [0, 0.1) is 0 Å². The standard InChI is InChI=1S/C16H12Cl3N3S/c17-9-5-3-6-10(13(9)18)20-14-12-8-4-1-2-7-11(8)23-15(12)22-16(19)21-14/h3,5-6H,1-2,4,7H2,(H,20,21,22). The molecule has 4 rings (SSSR count). The molecule has 0 unspecified atom stereocenters. The highest BCUT2D eigenvalue weighted by Crippen LogP contribution is 2.41. The zero-order valence-corrected chi connectivity index (χ0v) is 15.1. The lowest BCUT2D eigenvalue weighted by Crippen LogP contribution is -2.01. The molecule has 7 heteroatoms. The third kappa shape index (κ3) is 2.78. The summed E-state index contributed by atoms with van der Waals surface area (Å²) in [4.78, 5) is 11.1. The molecule has 3 aromatic rings. The van der Waals surface area contributed by atoms with Crippen LogP contribution in [0.3, 0.4) is 0 Å². The van der Waals surface area contributed by atoms with Crippen LogP contribution in [0.15, 0.2) is 18.2 Å². The van der Waals surface area contributed by atoms with Gasteiger partial charge in [-0.05, 0) is 55.0 Å². The Labute approximate surface area is 152 Å². The van der Waals surface area contributed by atoms with Crippen molar-refractivity contribution in [3.63, 3.8) is 0 Å². The summed E-state index contributed by atoms with van der Waals surface area (Å²) in [6.07, 6.45) is 4.58. The number of aryl methyl sites for hydroxylation is 2. The lowest BCUT2D eigenvalue weighted by atomic mass is 9.97. The summed E-state index contributed by atoms with van der Waals surface area (Å²) >= 11 is 20.2. The largest absolute Gasteiger partial charge is 0.338 e. The first-order valence-electron chi connectivity index (χ1n) is 7.32. The molecule has 1 aliphatic carbocycles. The Morgan fingerprint density at radius 1 is 1.04 bits per heavy atom. The van der Waals surface area contributed by atoms with Gasteiger partial charge >= 0.3 is 0 Å². The van der Waals surface area contributed by atoms with Crippen LogP contribution in [0.1, 0.15) is 23.3 Å². The fraction of sp³-hybridized carbons (Fsp3) is 0.250. The minimum atomic E-state index is 0.233. The molecule has 0 aliphatic heterocycles. The minimum Gasteiger partial charge on any atom is -0.338 e. The number of hydrogen-bond acceptors (Lipinski definition) is 4. The molecule has 0 amide bonds. The molecule has 0 fully saturated rings. The summed E-state index contributed by atoms with van der Waals surface area (Å²) in [6.45, 7) is 0. The third-order valence-electron chi connectivity index (χ3n) is 3.99. The van der Waals surface area contributed by atoms with Gasteiger partial charge in [-0.3, -0.25) is 0 Å². The highest BCUT2D eigenvalue weighted by Gasteiger charge is 2.21. The molecule has 2 heterocycles. The number of aromatic nitrogens is 2. The smallest absolute Gasteiger partial charge is 0.225 e. The highest BCUT2D eigenvalue weighted by molar-refractivity contribution is 7.19. The lowest BCUT2D eigenvalue weighted by molar-refractivity contribution is 0.700. The summed E-state index contributed by atoms with van der Waals surface area (Å²) in [6, 6.07) is 5.47. The van der Waals surface area contributed by atoms with Gasteiger partial charge in [0, 0.05) is 4.88 Å². The third-order valence-corrected chi connectivity index (χ3v) is 6.17. The summed E-state index contributed by atoms with van der Waals surface area (Å²) < 4.78 is 0. The van der Waals surface area contributed by atoms with Crippen LogP contribution < -0.4 is 5.32 Å². The van der Waals surface area contributed by atoms with Gasteiger partial charge in [0.05, 0.1) is 21.1 Å². The number of hydrogen-bond donors (Lipinski definition) is 1. The number of fused-ring (bicyclic) bond motifs is 3. The number of rotatable bonds is 2. The van der Waals surface area contributed by atoms with Crippen molar-refractivity contribution in [2.24, 2.45) is 0 Å². The summed E-state index contributed by atoms with van der Waals surface area (Å²) in [5.74, 6) is 0.698. The van der Waals surface area contributed by atoms with Gasteiger partial charge < -0.3 is 5.32 Å². The molecule has 0 atom stereocenters. The molecule has 118 valence electrons. The van der Waals surface area contributed by atoms with E-state index in [1.807, 2.05) is 12.1 Å². The average Bonchev–Trinajstić information content (AvgIpc) is 2.89. The van der Waals surface area contributed by atoms with Gasteiger partial charge in [-0.25, -0.2) is 4.98 Å². The minimum absolute atomic E-state index is 0.233. The van der Waals surface area contributed by atoms with Gasteiger partial charge in [0.25, 0.3) is 0 Å². The van der Waals surface area contributed by atoms with E-state index >= 15 is 0 Å². The normalized spacial score (nSPS) is 14.0. The van der Waals surface area contributed by atoms with Gasteiger partial charge in [0.15, 0.2) is 0 Å². The second-order valence-corrected chi connectivity index (χ2v) is 7.67. The first-order valence-corrected chi connectivity index (χ1v) is 9.27. The number of thiophene rings is 1. The first kappa shape index (κ1) is 15.5. The van der Waals surface area contributed by atoms with E-state index in [9.17, 15) is 0 Å². The topological polar surface area (TPSA) is 37.8 Å². The Bertz CT molecular complexity index is 907. The zero-order chi connectivity index (χ0) is 16.0. The maximum Gasteiger partial charge on any atom is 0.225 e. The van der Waals surface area contributed by atoms with Crippen molar-refractivity contribution >= 4 is 67.9 Å². The van der Waals surface area contributed by atoms with E-state index in [4.69, 9.17) is 34.8 Å². The number of anilines is 2. The van der Waals surface area contributed by atoms with E-state index in [2.05, 4.69) is 15.3 Å². The van der Waals surface area contributed by atoms with Crippen LogP contribution in [0.2, 0.25) is 15.3 Å². The van der Waals surface area contributed by atoms with E-state index in [0.29, 0.717) is 21.6 Å². The highest BCUT2D eigenvalue weighted by atomic mass is 35.5. The molecular weight excluding hydrogens is 373 g/mol. The Kier molecular flexibility index (Phi) is 4.10. The molecule has 0 saturated carbocycles. The molecule has 0 radical (unpaired) electrons. The van der Waals surface area contributed by atoms with Crippen molar-refractivity contribution in [3.8, 4) is 0 Å². The van der Waals surface area contributed by atoms with Crippen LogP contribution in [0.4, 0.5) is 11.5 Å².